The van der Waals surface area contributed by atoms with Gasteiger partial charge in [0.05, 0.1) is 30.9 Å². The van der Waals surface area contributed by atoms with Crippen LogP contribution in [0.4, 0.5) is 5.69 Å². The molecule has 4 rings (SSSR count). The van der Waals surface area contributed by atoms with E-state index in [-0.39, 0.29) is 11.3 Å². The molecule has 1 aliphatic heterocycles. The molecule has 0 radical (unpaired) electrons. The number of carbonyl (C=O) groups excluding carboxylic acids is 3. The van der Waals surface area contributed by atoms with Gasteiger partial charge in [-0.3, -0.25) is 14.5 Å². The highest BCUT2D eigenvalue weighted by Gasteiger charge is 2.47. The monoisotopic (exact) mass is 535 g/mol. The lowest BCUT2D eigenvalue weighted by molar-refractivity contribution is -0.132. The first-order valence-electron chi connectivity index (χ1n) is 10.8. The highest BCUT2D eigenvalue weighted by atomic mass is 79.9. The van der Waals surface area contributed by atoms with E-state index >= 15 is 0 Å². The Hall–Kier alpha value is -3.91. The van der Waals surface area contributed by atoms with Gasteiger partial charge < -0.3 is 14.6 Å². The number of aliphatic hydroxyl groups excluding tert-OH is 1. The quantitative estimate of drug-likeness (QED) is 0.200. The largest absolute Gasteiger partial charge is 0.507 e. The van der Waals surface area contributed by atoms with E-state index in [0.717, 1.165) is 4.47 Å². The van der Waals surface area contributed by atoms with E-state index in [1.54, 1.807) is 72.8 Å². The second kappa shape index (κ2) is 10.1. The summed E-state index contributed by atoms with van der Waals surface area (Å²) in [5, 5.41) is 11.2. The third-order valence-corrected chi connectivity index (χ3v) is 6.16. The van der Waals surface area contributed by atoms with Gasteiger partial charge in [0.1, 0.15) is 11.5 Å². The Morgan fingerprint density at radius 2 is 1.54 bits per heavy atom. The number of hydrogen-bond donors (Lipinski definition) is 1. The van der Waals surface area contributed by atoms with Crippen molar-refractivity contribution in [3.63, 3.8) is 0 Å². The summed E-state index contributed by atoms with van der Waals surface area (Å²) in [4.78, 5) is 39.7. The van der Waals surface area contributed by atoms with E-state index < -0.39 is 23.7 Å². The summed E-state index contributed by atoms with van der Waals surface area (Å²) in [6, 6.07) is 19.1. The Labute approximate surface area is 210 Å². The van der Waals surface area contributed by atoms with E-state index in [9.17, 15) is 19.5 Å². The first-order chi connectivity index (χ1) is 16.8. The summed E-state index contributed by atoms with van der Waals surface area (Å²) in [5.41, 5.74) is 1.69. The van der Waals surface area contributed by atoms with Gasteiger partial charge in [-0.25, -0.2) is 4.79 Å². The van der Waals surface area contributed by atoms with E-state index in [1.807, 2.05) is 6.92 Å². The lowest BCUT2D eigenvalue weighted by Crippen LogP contribution is -2.29. The molecule has 35 heavy (non-hydrogen) atoms. The summed E-state index contributed by atoms with van der Waals surface area (Å²) in [6.45, 7) is 2.36. The average Bonchev–Trinajstić information content (AvgIpc) is 3.14. The summed E-state index contributed by atoms with van der Waals surface area (Å²) in [6.07, 6.45) is 0. The minimum Gasteiger partial charge on any atom is -0.507 e. The standard InChI is InChI=1S/C27H22BrNO6/c1-3-35-21-14-8-17(9-15-21)24(30)22-23(16-4-6-18(7-5-16)27(33)34-2)29(26(32)25(22)31)20-12-10-19(28)11-13-20/h4-15,23,30H,3H2,1-2H3/b24-22+. The number of ketones is 1. The summed E-state index contributed by atoms with van der Waals surface area (Å²) in [7, 11) is 1.29. The third-order valence-electron chi connectivity index (χ3n) is 5.64. The minimum absolute atomic E-state index is 0.0482. The molecular formula is C27H22BrNO6. The zero-order valence-electron chi connectivity index (χ0n) is 19.0. The van der Waals surface area contributed by atoms with E-state index in [1.165, 1.54) is 12.0 Å². The van der Waals surface area contributed by atoms with Crippen LogP contribution in [0.2, 0.25) is 0 Å². The summed E-state index contributed by atoms with van der Waals surface area (Å²) < 4.78 is 11.0. The lowest BCUT2D eigenvalue weighted by Gasteiger charge is -2.25. The van der Waals surface area contributed by atoms with Crippen LogP contribution in [0, 0.1) is 0 Å². The van der Waals surface area contributed by atoms with Crippen LogP contribution in [-0.2, 0) is 14.3 Å². The number of methoxy groups -OCH3 is 1. The molecule has 178 valence electrons. The molecular weight excluding hydrogens is 514 g/mol. The van der Waals surface area contributed by atoms with Gasteiger partial charge in [0.15, 0.2) is 0 Å². The molecule has 1 heterocycles. The van der Waals surface area contributed by atoms with Crippen LogP contribution in [0.5, 0.6) is 5.75 Å². The molecule has 1 fully saturated rings. The molecule has 1 aliphatic rings. The third kappa shape index (κ3) is 4.70. The average molecular weight is 536 g/mol. The zero-order valence-corrected chi connectivity index (χ0v) is 20.6. The molecule has 1 amide bonds. The maximum Gasteiger partial charge on any atom is 0.337 e. The number of hydrogen-bond acceptors (Lipinski definition) is 6. The minimum atomic E-state index is -0.908. The molecule has 3 aromatic carbocycles. The first-order valence-corrected chi connectivity index (χ1v) is 11.6. The molecule has 0 bridgehead atoms. The topological polar surface area (TPSA) is 93.1 Å². The van der Waals surface area contributed by atoms with Crippen molar-refractivity contribution < 1.29 is 29.0 Å². The van der Waals surface area contributed by atoms with Gasteiger partial charge in [-0.1, -0.05) is 28.1 Å². The van der Waals surface area contributed by atoms with Crippen molar-refractivity contribution in [1.29, 1.82) is 0 Å². The van der Waals surface area contributed by atoms with Crippen molar-refractivity contribution in [2.45, 2.75) is 13.0 Å². The first kappa shape index (κ1) is 24.2. The van der Waals surface area contributed by atoms with E-state index in [4.69, 9.17) is 9.47 Å². The van der Waals surface area contributed by atoms with Gasteiger partial charge in [-0.15, -0.1) is 0 Å². The molecule has 0 spiro atoms. The number of rotatable bonds is 6. The lowest BCUT2D eigenvalue weighted by atomic mass is 9.94. The van der Waals surface area contributed by atoms with Crippen LogP contribution in [0.1, 0.15) is 34.5 Å². The zero-order chi connectivity index (χ0) is 25.1. The number of anilines is 1. The van der Waals surface area contributed by atoms with Crippen LogP contribution < -0.4 is 9.64 Å². The van der Waals surface area contributed by atoms with Crippen molar-refractivity contribution in [3.05, 3.63) is 99.5 Å². The second-order valence-corrected chi connectivity index (χ2v) is 8.63. The van der Waals surface area contributed by atoms with Gasteiger partial charge >= 0.3 is 5.97 Å². The fourth-order valence-electron chi connectivity index (χ4n) is 3.97. The number of aliphatic hydroxyl groups is 1. The van der Waals surface area contributed by atoms with Gasteiger partial charge in [0.25, 0.3) is 11.7 Å². The number of benzene rings is 3. The number of carbonyl (C=O) groups is 3. The number of halogens is 1. The number of Topliss-reactive ketones (excluding diaryl/α,β-unsaturated/α-hetero) is 1. The van der Waals surface area contributed by atoms with Crippen LogP contribution in [0.25, 0.3) is 5.76 Å². The Morgan fingerprint density at radius 1 is 0.943 bits per heavy atom. The van der Waals surface area contributed by atoms with E-state index in [0.29, 0.717) is 34.7 Å². The predicted octanol–water partition coefficient (Wildman–Crippen LogP) is 5.26. The molecule has 8 heteroatoms. The molecule has 0 aliphatic carbocycles. The van der Waals surface area contributed by atoms with E-state index in [2.05, 4.69) is 15.9 Å². The highest BCUT2D eigenvalue weighted by molar-refractivity contribution is 9.10. The SMILES string of the molecule is CCOc1ccc(/C(O)=C2\C(=O)C(=O)N(c3ccc(Br)cc3)C2c2ccc(C(=O)OC)cc2)cc1. The van der Waals surface area contributed by atoms with Crippen molar-refractivity contribution in [2.75, 3.05) is 18.6 Å². The highest BCUT2D eigenvalue weighted by Crippen LogP contribution is 2.42. The molecule has 7 nitrogen and oxygen atoms in total. The molecule has 1 N–H and O–H groups in total. The van der Waals surface area contributed by atoms with Crippen LogP contribution in [0.3, 0.4) is 0 Å². The number of nitrogens with zero attached hydrogens (tertiary/aromatic N) is 1. The Morgan fingerprint density at radius 3 is 2.11 bits per heavy atom. The second-order valence-electron chi connectivity index (χ2n) is 7.72. The molecule has 1 saturated heterocycles. The Balaban J connectivity index is 1.87. The number of amides is 1. The molecule has 1 unspecified atom stereocenters. The van der Waals surface area contributed by atoms with Crippen LogP contribution in [0.15, 0.2) is 82.8 Å². The molecule has 3 aromatic rings. The predicted molar refractivity (Wildman–Crippen MR) is 134 cm³/mol. The fourth-order valence-corrected chi connectivity index (χ4v) is 4.23. The van der Waals surface area contributed by atoms with Gasteiger partial charge in [-0.2, -0.15) is 0 Å². The van der Waals surface area contributed by atoms with Crippen LogP contribution in [-0.4, -0.2) is 36.5 Å². The number of ether oxygens (including phenoxy) is 2. The summed E-state index contributed by atoms with van der Waals surface area (Å²) >= 11 is 3.38. The van der Waals surface area contributed by atoms with Crippen molar-refractivity contribution in [3.8, 4) is 5.75 Å². The molecule has 1 atom stereocenters. The van der Waals surface area contributed by atoms with Gasteiger partial charge in [0.2, 0.25) is 0 Å². The Kier molecular flexibility index (Phi) is 7.02. The normalized spacial score (nSPS) is 16.9. The number of esters is 1. The van der Waals surface area contributed by atoms with Crippen molar-refractivity contribution in [2.24, 2.45) is 0 Å². The fraction of sp³-hybridized carbons (Fsp3) is 0.148. The Bertz CT molecular complexity index is 1300. The van der Waals surface area contributed by atoms with Crippen molar-refractivity contribution >= 4 is 45.0 Å². The smallest absolute Gasteiger partial charge is 0.337 e. The summed E-state index contributed by atoms with van der Waals surface area (Å²) in [5.74, 6) is -1.75. The molecule has 0 saturated carbocycles. The van der Waals surface area contributed by atoms with Crippen molar-refractivity contribution in [1.82, 2.24) is 0 Å². The molecule has 0 aromatic heterocycles. The maximum absolute atomic E-state index is 13.2. The van der Waals surface area contributed by atoms with Crippen LogP contribution >= 0.6 is 15.9 Å². The van der Waals surface area contributed by atoms with Gasteiger partial charge in [0, 0.05) is 15.7 Å². The maximum atomic E-state index is 13.2. The van der Waals surface area contributed by atoms with Gasteiger partial charge in [-0.05, 0) is 73.2 Å².